The highest BCUT2D eigenvalue weighted by atomic mass is 16.6. The summed E-state index contributed by atoms with van der Waals surface area (Å²) >= 11 is 0. The van der Waals surface area contributed by atoms with Gasteiger partial charge in [-0.1, -0.05) is 0 Å². The van der Waals surface area contributed by atoms with E-state index in [0.717, 1.165) is 17.8 Å². The molecule has 1 saturated heterocycles. The van der Waals surface area contributed by atoms with Crippen LogP contribution in [0.1, 0.15) is 11.7 Å². The van der Waals surface area contributed by atoms with Crippen molar-refractivity contribution >= 4 is 5.65 Å². The molecule has 0 aromatic carbocycles. The van der Waals surface area contributed by atoms with Crippen molar-refractivity contribution in [3.05, 3.63) is 30.2 Å². The lowest BCUT2D eigenvalue weighted by Crippen LogP contribution is -1.92. The van der Waals surface area contributed by atoms with Gasteiger partial charge in [0.15, 0.2) is 5.65 Å². The second-order valence-electron chi connectivity index (χ2n) is 2.84. The van der Waals surface area contributed by atoms with Gasteiger partial charge >= 0.3 is 0 Å². The summed E-state index contributed by atoms with van der Waals surface area (Å²) < 4.78 is 6.90. The minimum atomic E-state index is 0.256. The van der Waals surface area contributed by atoms with Gasteiger partial charge in [-0.15, -0.1) is 0 Å². The first-order chi connectivity index (χ1) is 5.93. The van der Waals surface area contributed by atoms with Crippen LogP contribution in [0.4, 0.5) is 0 Å². The lowest BCUT2D eigenvalue weighted by Gasteiger charge is -1.95. The highest BCUT2D eigenvalue weighted by Crippen LogP contribution is 2.28. The number of hydrogen-bond acceptors (Lipinski definition) is 3. The van der Waals surface area contributed by atoms with Crippen molar-refractivity contribution in [2.45, 2.75) is 6.10 Å². The molecule has 0 radical (unpaired) electrons. The maximum atomic E-state index is 5.14. The monoisotopic (exact) mass is 161 g/mol. The van der Waals surface area contributed by atoms with E-state index >= 15 is 0 Å². The van der Waals surface area contributed by atoms with E-state index in [2.05, 4.69) is 10.1 Å². The summed E-state index contributed by atoms with van der Waals surface area (Å²) in [5.41, 5.74) is 1.98. The summed E-state index contributed by atoms with van der Waals surface area (Å²) in [5.74, 6) is 0. The maximum absolute atomic E-state index is 5.14. The minimum Gasteiger partial charge on any atom is -0.368 e. The number of epoxide rings is 1. The largest absolute Gasteiger partial charge is 0.368 e. The van der Waals surface area contributed by atoms with Crippen molar-refractivity contribution < 1.29 is 4.74 Å². The van der Waals surface area contributed by atoms with Crippen LogP contribution in [0, 0.1) is 0 Å². The van der Waals surface area contributed by atoms with Crippen molar-refractivity contribution in [2.24, 2.45) is 0 Å². The average Bonchev–Trinajstić information content (AvgIpc) is 2.84. The first kappa shape index (κ1) is 6.14. The Bertz CT molecular complexity index is 419. The molecule has 1 aliphatic rings. The molecule has 1 atom stereocenters. The van der Waals surface area contributed by atoms with Crippen LogP contribution in [0.15, 0.2) is 24.7 Å². The average molecular weight is 161 g/mol. The first-order valence-corrected chi connectivity index (χ1v) is 3.84. The van der Waals surface area contributed by atoms with Gasteiger partial charge in [0.1, 0.15) is 6.10 Å². The zero-order chi connectivity index (χ0) is 7.97. The molecule has 4 nitrogen and oxygen atoms in total. The van der Waals surface area contributed by atoms with Gasteiger partial charge in [-0.25, -0.2) is 9.50 Å². The molecule has 0 saturated carbocycles. The molecule has 2 aromatic rings. The van der Waals surface area contributed by atoms with Gasteiger partial charge in [0, 0.05) is 24.0 Å². The fourth-order valence-corrected chi connectivity index (χ4v) is 1.23. The molecular weight excluding hydrogens is 154 g/mol. The number of rotatable bonds is 1. The molecule has 0 unspecified atom stereocenters. The van der Waals surface area contributed by atoms with Crippen LogP contribution in [-0.4, -0.2) is 21.2 Å². The van der Waals surface area contributed by atoms with Gasteiger partial charge in [0.25, 0.3) is 0 Å². The van der Waals surface area contributed by atoms with Gasteiger partial charge < -0.3 is 4.74 Å². The van der Waals surface area contributed by atoms with Gasteiger partial charge in [-0.2, -0.15) is 5.10 Å². The Morgan fingerprint density at radius 1 is 1.58 bits per heavy atom. The van der Waals surface area contributed by atoms with Gasteiger partial charge in [0.05, 0.1) is 12.8 Å². The molecular formula is C8H7N3O. The number of nitrogens with zero attached hydrogens (tertiary/aromatic N) is 3. The topological polar surface area (TPSA) is 42.7 Å². The Kier molecular flexibility index (Phi) is 1.04. The molecule has 0 N–H and O–H groups in total. The molecule has 0 aliphatic carbocycles. The summed E-state index contributed by atoms with van der Waals surface area (Å²) in [4.78, 5) is 4.22. The zero-order valence-electron chi connectivity index (χ0n) is 6.34. The van der Waals surface area contributed by atoms with E-state index in [1.54, 1.807) is 10.7 Å². The summed E-state index contributed by atoms with van der Waals surface area (Å²) in [6.07, 6.45) is 5.79. The molecule has 2 aromatic heterocycles. The van der Waals surface area contributed by atoms with Gasteiger partial charge in [0.2, 0.25) is 0 Å². The molecule has 3 rings (SSSR count). The van der Waals surface area contributed by atoms with Crippen LogP contribution < -0.4 is 0 Å². The number of hydrogen-bond donors (Lipinski definition) is 0. The summed E-state index contributed by atoms with van der Waals surface area (Å²) in [7, 11) is 0. The molecule has 1 aliphatic heterocycles. The quantitative estimate of drug-likeness (QED) is 0.581. The molecule has 3 heterocycles. The van der Waals surface area contributed by atoms with Crippen molar-refractivity contribution in [2.75, 3.05) is 6.61 Å². The van der Waals surface area contributed by atoms with Crippen LogP contribution in [0.25, 0.3) is 5.65 Å². The van der Waals surface area contributed by atoms with Crippen LogP contribution in [-0.2, 0) is 4.74 Å². The van der Waals surface area contributed by atoms with Crippen LogP contribution in [0.5, 0.6) is 0 Å². The van der Waals surface area contributed by atoms with E-state index in [1.807, 2.05) is 18.5 Å². The molecule has 12 heavy (non-hydrogen) atoms. The predicted octanol–water partition coefficient (Wildman–Crippen LogP) is 0.801. The van der Waals surface area contributed by atoms with E-state index in [9.17, 15) is 0 Å². The SMILES string of the molecule is c1cc2ncc([C@@H]3CO3)cn2n1. The summed E-state index contributed by atoms with van der Waals surface area (Å²) in [6, 6.07) is 1.87. The number of ether oxygens (including phenoxy) is 1. The highest BCUT2D eigenvalue weighted by Gasteiger charge is 2.25. The molecule has 4 heteroatoms. The fraction of sp³-hybridized carbons (Fsp3) is 0.250. The second-order valence-corrected chi connectivity index (χ2v) is 2.84. The molecule has 60 valence electrons. The summed E-state index contributed by atoms with van der Waals surface area (Å²) in [6.45, 7) is 0.814. The summed E-state index contributed by atoms with van der Waals surface area (Å²) in [5, 5.41) is 4.09. The second kappa shape index (κ2) is 2.04. The Morgan fingerprint density at radius 3 is 3.33 bits per heavy atom. The minimum absolute atomic E-state index is 0.256. The molecule has 0 bridgehead atoms. The van der Waals surface area contributed by atoms with Gasteiger partial charge in [-0.3, -0.25) is 0 Å². The van der Waals surface area contributed by atoms with E-state index in [4.69, 9.17) is 4.74 Å². The first-order valence-electron chi connectivity index (χ1n) is 3.84. The van der Waals surface area contributed by atoms with Crippen LogP contribution in [0.2, 0.25) is 0 Å². The Balaban J connectivity index is 2.21. The highest BCUT2D eigenvalue weighted by molar-refractivity contribution is 5.36. The van der Waals surface area contributed by atoms with E-state index in [0.29, 0.717) is 0 Å². The smallest absolute Gasteiger partial charge is 0.154 e. The normalized spacial score (nSPS) is 21.5. The van der Waals surface area contributed by atoms with Gasteiger partial charge in [-0.05, 0) is 0 Å². The van der Waals surface area contributed by atoms with Crippen LogP contribution in [0.3, 0.4) is 0 Å². The van der Waals surface area contributed by atoms with E-state index < -0.39 is 0 Å². The van der Waals surface area contributed by atoms with Crippen molar-refractivity contribution in [1.82, 2.24) is 14.6 Å². The maximum Gasteiger partial charge on any atom is 0.154 e. The molecule has 0 spiro atoms. The number of fused-ring (bicyclic) bond motifs is 1. The van der Waals surface area contributed by atoms with Crippen molar-refractivity contribution in [3.8, 4) is 0 Å². The van der Waals surface area contributed by atoms with Crippen LogP contribution >= 0.6 is 0 Å². The lowest BCUT2D eigenvalue weighted by atomic mass is 10.3. The molecule has 1 fully saturated rings. The molecule has 0 amide bonds. The lowest BCUT2D eigenvalue weighted by molar-refractivity contribution is 0.414. The Labute approximate surface area is 68.8 Å². The predicted molar refractivity (Wildman–Crippen MR) is 41.7 cm³/mol. The Hall–Kier alpha value is -1.42. The standard InChI is InChI=1S/C8H7N3O/c1-2-10-11-4-6(7-5-12-7)3-9-8(1)11/h1-4,7H,5H2/t7-/m0/s1. The fourth-order valence-electron chi connectivity index (χ4n) is 1.23. The van der Waals surface area contributed by atoms with E-state index in [-0.39, 0.29) is 6.10 Å². The third kappa shape index (κ3) is 0.816. The zero-order valence-corrected chi connectivity index (χ0v) is 6.34. The van der Waals surface area contributed by atoms with Crippen molar-refractivity contribution in [3.63, 3.8) is 0 Å². The Morgan fingerprint density at radius 2 is 2.50 bits per heavy atom. The van der Waals surface area contributed by atoms with E-state index in [1.165, 1.54) is 0 Å². The number of aromatic nitrogens is 3. The third-order valence-electron chi connectivity index (χ3n) is 1.97. The van der Waals surface area contributed by atoms with Crippen molar-refractivity contribution in [1.29, 1.82) is 0 Å². The third-order valence-corrected chi connectivity index (χ3v) is 1.97.